The second kappa shape index (κ2) is 8.20. The number of benzene rings is 2. The zero-order chi connectivity index (χ0) is 18.5. The molecule has 2 aliphatic heterocycles. The van der Waals surface area contributed by atoms with Crippen LogP contribution < -0.4 is 19.7 Å². The van der Waals surface area contributed by atoms with Gasteiger partial charge in [-0.2, -0.15) is 0 Å². The van der Waals surface area contributed by atoms with Crippen molar-refractivity contribution in [2.75, 3.05) is 51.3 Å². The number of hydrogen-bond donors (Lipinski definition) is 1. The topological polar surface area (TPSA) is 49.3 Å². The molecule has 0 aromatic heterocycles. The molecule has 2 aromatic carbocycles. The Balaban J connectivity index is 1.28. The number of nitrogens with zero attached hydrogens (tertiary/aromatic N) is 3. The minimum Gasteiger partial charge on any atom is -0.486 e. The van der Waals surface area contributed by atoms with Crippen LogP contribution in [-0.4, -0.2) is 63.3 Å². The van der Waals surface area contributed by atoms with Crippen LogP contribution in [0.4, 0.5) is 5.69 Å². The third kappa shape index (κ3) is 4.10. The number of anilines is 1. The van der Waals surface area contributed by atoms with E-state index >= 15 is 0 Å². The second-order valence-corrected chi connectivity index (χ2v) is 6.74. The quantitative estimate of drug-likeness (QED) is 0.667. The Morgan fingerprint density at radius 1 is 1.00 bits per heavy atom. The Kier molecular flexibility index (Phi) is 5.32. The predicted octanol–water partition coefficient (Wildman–Crippen LogP) is 2.22. The van der Waals surface area contributed by atoms with E-state index in [-0.39, 0.29) is 6.10 Å². The van der Waals surface area contributed by atoms with Crippen molar-refractivity contribution in [3.05, 3.63) is 54.6 Å². The molecule has 27 heavy (non-hydrogen) atoms. The van der Waals surface area contributed by atoms with E-state index in [0.717, 1.165) is 43.6 Å². The Morgan fingerprint density at radius 3 is 2.44 bits per heavy atom. The van der Waals surface area contributed by atoms with E-state index in [0.29, 0.717) is 13.2 Å². The molecular formula is C21H26N4O2. The molecule has 2 aromatic rings. The minimum atomic E-state index is -0.0257. The molecular weight excluding hydrogens is 340 g/mol. The molecule has 0 aliphatic carbocycles. The summed E-state index contributed by atoms with van der Waals surface area (Å²) in [5, 5.41) is 3.45. The maximum atomic E-state index is 6.02. The minimum absolute atomic E-state index is 0.0257. The van der Waals surface area contributed by atoms with Crippen molar-refractivity contribution in [1.82, 2.24) is 10.2 Å². The Labute approximate surface area is 160 Å². The van der Waals surface area contributed by atoms with Crippen LogP contribution >= 0.6 is 0 Å². The smallest absolute Gasteiger partial charge is 0.193 e. The summed E-state index contributed by atoms with van der Waals surface area (Å²) in [7, 11) is 1.83. The van der Waals surface area contributed by atoms with Crippen LogP contribution in [0.3, 0.4) is 0 Å². The third-order valence-electron chi connectivity index (χ3n) is 4.97. The zero-order valence-corrected chi connectivity index (χ0v) is 15.7. The standard InChI is InChI=1S/C21H26N4O2/c1-22-21(23-15-18-16-26-19-9-5-6-10-20(19)27-18)25-13-11-24(12-14-25)17-7-3-2-4-8-17/h2-10,18H,11-16H2,1H3,(H,22,23). The van der Waals surface area contributed by atoms with Gasteiger partial charge in [0.05, 0.1) is 6.54 Å². The number of ether oxygens (including phenoxy) is 2. The average molecular weight is 366 g/mol. The summed E-state index contributed by atoms with van der Waals surface area (Å²) >= 11 is 0. The van der Waals surface area contributed by atoms with Gasteiger partial charge < -0.3 is 24.6 Å². The van der Waals surface area contributed by atoms with E-state index in [2.05, 4.69) is 50.4 Å². The maximum absolute atomic E-state index is 6.02. The molecule has 6 heteroatoms. The molecule has 1 saturated heterocycles. The first kappa shape index (κ1) is 17.5. The van der Waals surface area contributed by atoms with Crippen molar-refractivity contribution in [1.29, 1.82) is 0 Å². The van der Waals surface area contributed by atoms with Gasteiger partial charge in [-0.15, -0.1) is 0 Å². The van der Waals surface area contributed by atoms with Crippen molar-refractivity contribution in [3.63, 3.8) is 0 Å². The molecule has 0 spiro atoms. The highest BCUT2D eigenvalue weighted by atomic mass is 16.6. The molecule has 0 radical (unpaired) electrons. The number of aliphatic imine (C=N–C) groups is 1. The van der Waals surface area contributed by atoms with Crippen LogP contribution in [0.25, 0.3) is 0 Å². The van der Waals surface area contributed by atoms with E-state index in [1.807, 2.05) is 31.3 Å². The Bertz CT molecular complexity index is 773. The summed E-state index contributed by atoms with van der Waals surface area (Å²) in [4.78, 5) is 9.17. The van der Waals surface area contributed by atoms with Gasteiger partial charge >= 0.3 is 0 Å². The fraction of sp³-hybridized carbons (Fsp3) is 0.381. The first-order chi connectivity index (χ1) is 13.3. The molecule has 2 heterocycles. The monoisotopic (exact) mass is 366 g/mol. The lowest BCUT2D eigenvalue weighted by Crippen LogP contribution is -2.54. The van der Waals surface area contributed by atoms with Crippen LogP contribution in [0.2, 0.25) is 0 Å². The van der Waals surface area contributed by atoms with Gasteiger partial charge in [-0.05, 0) is 24.3 Å². The fourth-order valence-corrected chi connectivity index (χ4v) is 3.52. The maximum Gasteiger partial charge on any atom is 0.193 e. The summed E-state index contributed by atoms with van der Waals surface area (Å²) in [6.07, 6.45) is -0.0257. The van der Waals surface area contributed by atoms with Crippen molar-refractivity contribution in [3.8, 4) is 11.5 Å². The Morgan fingerprint density at radius 2 is 1.70 bits per heavy atom. The van der Waals surface area contributed by atoms with Crippen molar-refractivity contribution >= 4 is 11.6 Å². The number of rotatable bonds is 3. The highest BCUT2D eigenvalue weighted by Gasteiger charge is 2.23. The van der Waals surface area contributed by atoms with Gasteiger partial charge in [-0.25, -0.2) is 0 Å². The average Bonchev–Trinajstić information content (AvgIpc) is 2.75. The summed E-state index contributed by atoms with van der Waals surface area (Å²) < 4.78 is 11.8. The lowest BCUT2D eigenvalue weighted by atomic mass is 10.2. The van der Waals surface area contributed by atoms with E-state index in [4.69, 9.17) is 9.47 Å². The molecule has 0 saturated carbocycles. The SMILES string of the molecule is CN=C(NCC1COc2ccccc2O1)N1CCN(c2ccccc2)CC1. The van der Waals surface area contributed by atoms with Crippen LogP contribution in [0.1, 0.15) is 0 Å². The highest BCUT2D eigenvalue weighted by Crippen LogP contribution is 2.30. The van der Waals surface area contributed by atoms with E-state index in [1.54, 1.807) is 0 Å². The van der Waals surface area contributed by atoms with Gasteiger partial charge in [0.1, 0.15) is 12.7 Å². The number of hydrogen-bond acceptors (Lipinski definition) is 4. The van der Waals surface area contributed by atoms with Gasteiger partial charge in [-0.1, -0.05) is 30.3 Å². The van der Waals surface area contributed by atoms with E-state index in [9.17, 15) is 0 Å². The molecule has 2 aliphatic rings. The van der Waals surface area contributed by atoms with Gasteiger partial charge in [0, 0.05) is 38.9 Å². The van der Waals surface area contributed by atoms with Gasteiger partial charge in [-0.3, -0.25) is 4.99 Å². The number of para-hydroxylation sites is 3. The van der Waals surface area contributed by atoms with Gasteiger partial charge in [0.25, 0.3) is 0 Å². The van der Waals surface area contributed by atoms with Crippen molar-refractivity contribution < 1.29 is 9.47 Å². The summed E-state index contributed by atoms with van der Waals surface area (Å²) in [5.74, 6) is 2.54. The van der Waals surface area contributed by atoms with Gasteiger partial charge in [0.15, 0.2) is 17.5 Å². The zero-order valence-electron chi connectivity index (χ0n) is 15.7. The first-order valence-corrected chi connectivity index (χ1v) is 9.47. The molecule has 1 N–H and O–H groups in total. The van der Waals surface area contributed by atoms with Crippen molar-refractivity contribution in [2.45, 2.75) is 6.10 Å². The number of fused-ring (bicyclic) bond motifs is 1. The summed E-state index contributed by atoms with van der Waals surface area (Å²) in [6, 6.07) is 18.4. The number of nitrogens with one attached hydrogen (secondary N) is 1. The molecule has 1 atom stereocenters. The molecule has 142 valence electrons. The molecule has 0 amide bonds. The molecule has 1 fully saturated rings. The highest BCUT2D eigenvalue weighted by molar-refractivity contribution is 5.80. The summed E-state index contributed by atoms with van der Waals surface area (Å²) in [5.41, 5.74) is 1.28. The fourth-order valence-electron chi connectivity index (χ4n) is 3.52. The Hall–Kier alpha value is -2.89. The normalized spacial score (nSPS) is 19.7. The third-order valence-corrected chi connectivity index (χ3v) is 4.97. The van der Waals surface area contributed by atoms with Crippen LogP contribution in [-0.2, 0) is 0 Å². The molecule has 1 unspecified atom stereocenters. The lowest BCUT2D eigenvalue weighted by Gasteiger charge is -2.38. The van der Waals surface area contributed by atoms with Crippen LogP contribution in [0.5, 0.6) is 11.5 Å². The van der Waals surface area contributed by atoms with Crippen LogP contribution in [0.15, 0.2) is 59.6 Å². The predicted molar refractivity (Wildman–Crippen MR) is 108 cm³/mol. The van der Waals surface area contributed by atoms with E-state index < -0.39 is 0 Å². The number of guanidine groups is 1. The first-order valence-electron chi connectivity index (χ1n) is 9.47. The second-order valence-electron chi connectivity index (χ2n) is 6.74. The van der Waals surface area contributed by atoms with Crippen molar-refractivity contribution in [2.24, 2.45) is 4.99 Å². The molecule has 6 nitrogen and oxygen atoms in total. The van der Waals surface area contributed by atoms with Crippen LogP contribution in [0, 0.1) is 0 Å². The lowest BCUT2D eigenvalue weighted by molar-refractivity contribution is 0.0930. The largest absolute Gasteiger partial charge is 0.486 e. The molecule has 0 bridgehead atoms. The van der Waals surface area contributed by atoms with E-state index in [1.165, 1.54) is 5.69 Å². The summed E-state index contributed by atoms with van der Waals surface area (Å²) in [6.45, 7) is 5.07. The number of piperazine rings is 1. The molecule has 4 rings (SSSR count). The van der Waals surface area contributed by atoms with Gasteiger partial charge in [0.2, 0.25) is 0 Å².